The molecule has 0 N–H and O–H groups in total. The second-order valence-electron chi connectivity index (χ2n) is 4.46. The summed E-state index contributed by atoms with van der Waals surface area (Å²) < 4.78 is 10.1. The molecule has 0 spiro atoms. The number of hydrogen-bond acceptors (Lipinski definition) is 5. The van der Waals surface area contributed by atoms with E-state index in [1.165, 1.54) is 7.11 Å². The lowest BCUT2D eigenvalue weighted by Gasteiger charge is -2.33. The Kier molecular flexibility index (Phi) is 4.03. The summed E-state index contributed by atoms with van der Waals surface area (Å²) in [4.78, 5) is 13.5. The highest BCUT2D eigenvalue weighted by Gasteiger charge is 2.28. The van der Waals surface area contributed by atoms with E-state index in [0.29, 0.717) is 25.3 Å². The van der Waals surface area contributed by atoms with Crippen molar-refractivity contribution in [3.05, 3.63) is 29.3 Å². The van der Waals surface area contributed by atoms with Gasteiger partial charge in [-0.25, -0.2) is 4.79 Å². The quantitative estimate of drug-likeness (QED) is 0.749. The fraction of sp³-hybridized carbons (Fsp3) is 0.429. The number of nitrogens with zero attached hydrogens (tertiary/aromatic N) is 2. The number of morpholine rings is 1. The maximum Gasteiger partial charge on any atom is 0.336 e. The molecule has 0 aromatic heterocycles. The van der Waals surface area contributed by atoms with Gasteiger partial charge in [-0.15, -0.1) is 0 Å². The molecule has 0 radical (unpaired) electrons. The molecule has 0 saturated carbocycles. The van der Waals surface area contributed by atoms with Gasteiger partial charge in [0.25, 0.3) is 0 Å². The van der Waals surface area contributed by atoms with Gasteiger partial charge in [0.15, 0.2) is 6.10 Å². The first-order valence-electron chi connectivity index (χ1n) is 6.11. The van der Waals surface area contributed by atoms with E-state index in [2.05, 4.69) is 6.07 Å². The molecule has 0 bridgehead atoms. The third kappa shape index (κ3) is 2.85. The molecule has 1 aliphatic rings. The molecule has 2 rings (SSSR count). The second-order valence-corrected chi connectivity index (χ2v) is 4.46. The predicted molar refractivity (Wildman–Crippen MR) is 69.9 cm³/mol. The number of methoxy groups -OCH3 is 1. The number of anilines is 1. The van der Waals surface area contributed by atoms with E-state index in [-0.39, 0.29) is 5.97 Å². The summed E-state index contributed by atoms with van der Waals surface area (Å²) in [5.74, 6) is -0.379. The van der Waals surface area contributed by atoms with Gasteiger partial charge in [-0.1, -0.05) is 6.07 Å². The van der Waals surface area contributed by atoms with E-state index < -0.39 is 6.10 Å². The highest BCUT2D eigenvalue weighted by Crippen LogP contribution is 2.24. The van der Waals surface area contributed by atoms with Gasteiger partial charge in [-0.2, -0.15) is 5.26 Å². The lowest BCUT2D eigenvalue weighted by Crippen LogP contribution is -2.46. The van der Waals surface area contributed by atoms with Crippen LogP contribution in [0.2, 0.25) is 0 Å². The number of hydrogen-bond donors (Lipinski definition) is 0. The number of carbonyl (C=O) groups excluding carboxylic acids is 1. The Bertz CT molecular complexity index is 522. The molecule has 5 heteroatoms. The van der Waals surface area contributed by atoms with Crippen molar-refractivity contribution < 1.29 is 14.3 Å². The van der Waals surface area contributed by atoms with Crippen LogP contribution in [0.1, 0.15) is 11.1 Å². The monoisotopic (exact) mass is 260 g/mol. The fourth-order valence-corrected chi connectivity index (χ4v) is 2.14. The zero-order valence-electron chi connectivity index (χ0n) is 11.0. The van der Waals surface area contributed by atoms with E-state index in [1.807, 2.05) is 24.0 Å². The SMILES string of the molecule is COC(=O)C1CN(c2cc(C)ccc2C#N)CCO1. The van der Waals surface area contributed by atoms with E-state index in [1.54, 1.807) is 6.07 Å². The Morgan fingerprint density at radius 2 is 2.37 bits per heavy atom. The molecule has 1 aliphatic heterocycles. The Morgan fingerprint density at radius 1 is 1.58 bits per heavy atom. The fourth-order valence-electron chi connectivity index (χ4n) is 2.14. The highest BCUT2D eigenvalue weighted by molar-refractivity contribution is 5.76. The zero-order chi connectivity index (χ0) is 13.8. The van der Waals surface area contributed by atoms with Crippen molar-refractivity contribution in [2.45, 2.75) is 13.0 Å². The van der Waals surface area contributed by atoms with Crippen molar-refractivity contribution >= 4 is 11.7 Å². The van der Waals surface area contributed by atoms with Crippen LogP contribution >= 0.6 is 0 Å². The summed E-state index contributed by atoms with van der Waals surface area (Å²) in [7, 11) is 1.35. The van der Waals surface area contributed by atoms with Crippen LogP contribution in [0.4, 0.5) is 5.69 Å². The molecule has 1 saturated heterocycles. The first-order valence-corrected chi connectivity index (χ1v) is 6.11. The van der Waals surface area contributed by atoms with Crippen LogP contribution in [0.15, 0.2) is 18.2 Å². The lowest BCUT2D eigenvalue weighted by molar-refractivity contribution is -0.154. The molecule has 19 heavy (non-hydrogen) atoms. The number of benzene rings is 1. The minimum absolute atomic E-state index is 0.379. The Balaban J connectivity index is 2.24. The Hall–Kier alpha value is -2.06. The average Bonchev–Trinajstić information content (AvgIpc) is 2.46. The number of esters is 1. The molecule has 0 amide bonds. The van der Waals surface area contributed by atoms with Crippen molar-refractivity contribution in [1.29, 1.82) is 5.26 Å². The summed E-state index contributed by atoms with van der Waals surface area (Å²) in [6.45, 7) is 3.48. The van der Waals surface area contributed by atoms with Crippen LogP contribution in [0, 0.1) is 18.3 Å². The summed E-state index contributed by atoms with van der Waals surface area (Å²) in [6.07, 6.45) is -0.592. The minimum Gasteiger partial charge on any atom is -0.467 e. The van der Waals surface area contributed by atoms with Crippen molar-refractivity contribution in [1.82, 2.24) is 0 Å². The van der Waals surface area contributed by atoms with Crippen molar-refractivity contribution in [2.75, 3.05) is 31.7 Å². The summed E-state index contributed by atoms with van der Waals surface area (Å²) >= 11 is 0. The zero-order valence-corrected chi connectivity index (χ0v) is 11.0. The molecule has 1 heterocycles. The minimum atomic E-state index is -0.592. The molecule has 100 valence electrons. The number of nitriles is 1. The van der Waals surface area contributed by atoms with Gasteiger partial charge in [0.1, 0.15) is 6.07 Å². The van der Waals surface area contributed by atoms with E-state index in [4.69, 9.17) is 14.7 Å². The number of ether oxygens (including phenoxy) is 2. The molecule has 1 aromatic carbocycles. The molecular formula is C14H16N2O3. The normalized spacial score (nSPS) is 18.8. The predicted octanol–water partition coefficient (Wildman–Crippen LogP) is 1.24. The topological polar surface area (TPSA) is 62.6 Å². The van der Waals surface area contributed by atoms with Gasteiger partial charge in [0.2, 0.25) is 0 Å². The largest absolute Gasteiger partial charge is 0.467 e. The Labute approximate surface area is 112 Å². The van der Waals surface area contributed by atoms with Crippen LogP contribution in [-0.4, -0.2) is 38.9 Å². The van der Waals surface area contributed by atoms with Gasteiger partial charge in [0.05, 0.1) is 31.5 Å². The summed E-state index contributed by atoms with van der Waals surface area (Å²) in [5.41, 5.74) is 2.53. The molecule has 5 nitrogen and oxygen atoms in total. The number of aryl methyl sites for hydroxylation is 1. The van der Waals surface area contributed by atoms with Gasteiger partial charge < -0.3 is 14.4 Å². The first kappa shape index (κ1) is 13.4. The third-order valence-electron chi connectivity index (χ3n) is 3.14. The van der Waals surface area contributed by atoms with Gasteiger partial charge in [-0.3, -0.25) is 0 Å². The van der Waals surface area contributed by atoms with Crippen molar-refractivity contribution in [3.63, 3.8) is 0 Å². The third-order valence-corrected chi connectivity index (χ3v) is 3.14. The Morgan fingerprint density at radius 3 is 3.05 bits per heavy atom. The maximum atomic E-state index is 11.5. The van der Waals surface area contributed by atoms with E-state index in [0.717, 1.165) is 11.3 Å². The summed E-state index contributed by atoms with van der Waals surface area (Å²) in [6, 6.07) is 7.84. The number of rotatable bonds is 2. The maximum absolute atomic E-state index is 11.5. The molecule has 1 aromatic rings. The van der Waals surface area contributed by atoms with Crippen molar-refractivity contribution in [2.24, 2.45) is 0 Å². The number of carbonyl (C=O) groups is 1. The van der Waals surface area contributed by atoms with Crippen molar-refractivity contribution in [3.8, 4) is 6.07 Å². The van der Waals surface area contributed by atoms with Gasteiger partial charge in [0, 0.05) is 6.54 Å². The van der Waals surface area contributed by atoms with Gasteiger partial charge in [-0.05, 0) is 24.6 Å². The van der Waals surface area contributed by atoms with Crippen LogP contribution in [-0.2, 0) is 14.3 Å². The molecule has 1 unspecified atom stereocenters. The average molecular weight is 260 g/mol. The lowest BCUT2D eigenvalue weighted by atomic mass is 10.1. The van der Waals surface area contributed by atoms with Gasteiger partial charge >= 0.3 is 5.97 Å². The standard InChI is InChI=1S/C14H16N2O3/c1-10-3-4-11(8-15)12(7-10)16-5-6-19-13(9-16)14(17)18-2/h3-4,7,13H,5-6,9H2,1-2H3. The second kappa shape index (κ2) is 5.72. The summed E-state index contributed by atoms with van der Waals surface area (Å²) in [5, 5.41) is 9.16. The van der Waals surface area contributed by atoms with Crippen LogP contribution in [0.25, 0.3) is 0 Å². The molecule has 1 atom stereocenters. The van der Waals surface area contributed by atoms with Crippen LogP contribution < -0.4 is 4.90 Å². The smallest absolute Gasteiger partial charge is 0.336 e. The first-order chi connectivity index (χ1) is 9.15. The van der Waals surface area contributed by atoms with E-state index in [9.17, 15) is 4.79 Å². The molecular weight excluding hydrogens is 244 g/mol. The molecule has 0 aliphatic carbocycles. The highest BCUT2D eigenvalue weighted by atomic mass is 16.6. The van der Waals surface area contributed by atoms with Crippen LogP contribution in [0.3, 0.4) is 0 Å². The van der Waals surface area contributed by atoms with E-state index >= 15 is 0 Å². The van der Waals surface area contributed by atoms with Crippen LogP contribution in [0.5, 0.6) is 0 Å². The molecule has 1 fully saturated rings.